The molecule has 1 aliphatic rings. The van der Waals surface area contributed by atoms with E-state index in [4.69, 9.17) is 0 Å². The average molecular weight is 236 g/mol. The van der Waals surface area contributed by atoms with Crippen LogP contribution < -0.4 is 0 Å². The fraction of sp³-hybridized carbons (Fsp3) is 0.467. The normalized spacial score (nSPS) is 27.1. The van der Waals surface area contributed by atoms with Crippen molar-refractivity contribution in [3.8, 4) is 0 Å². The summed E-state index contributed by atoms with van der Waals surface area (Å²) in [5, 5.41) is 0. The lowest BCUT2D eigenvalue weighted by Crippen LogP contribution is -2.27. The number of hydrogen-bond donors (Lipinski definition) is 0. The first kappa shape index (κ1) is 12.3. The summed E-state index contributed by atoms with van der Waals surface area (Å²) in [5.74, 6) is -1.54. The third-order valence-electron chi connectivity index (χ3n) is 3.77. The molecule has 1 aromatic carbocycles. The Hall–Kier alpha value is -1.18. The third-order valence-corrected chi connectivity index (χ3v) is 3.77. The van der Waals surface area contributed by atoms with Crippen LogP contribution in [-0.4, -0.2) is 0 Å². The molecule has 92 valence electrons. The topological polar surface area (TPSA) is 0 Å². The largest absolute Gasteiger partial charge is 0.204 e. The maximum absolute atomic E-state index is 13.3. The van der Waals surface area contributed by atoms with Gasteiger partial charge in [0.2, 0.25) is 0 Å². The lowest BCUT2D eigenvalue weighted by atomic mass is 9.68. The van der Waals surface area contributed by atoms with E-state index >= 15 is 0 Å². The highest BCUT2D eigenvalue weighted by atomic mass is 19.2. The maximum Gasteiger partial charge on any atom is 0.159 e. The molecule has 0 bridgehead atoms. The first-order valence-electron chi connectivity index (χ1n) is 5.98. The van der Waals surface area contributed by atoms with E-state index in [9.17, 15) is 8.78 Å². The van der Waals surface area contributed by atoms with Crippen molar-refractivity contribution >= 4 is 0 Å². The first-order valence-corrected chi connectivity index (χ1v) is 5.98. The van der Waals surface area contributed by atoms with Crippen LogP contribution in [0.15, 0.2) is 30.4 Å². The zero-order valence-corrected chi connectivity index (χ0v) is 10.6. The van der Waals surface area contributed by atoms with Gasteiger partial charge in [0.25, 0.3) is 0 Å². The van der Waals surface area contributed by atoms with Crippen molar-refractivity contribution in [2.24, 2.45) is 5.41 Å². The molecule has 1 aliphatic carbocycles. The number of rotatable bonds is 1. The fourth-order valence-electron chi connectivity index (χ4n) is 2.25. The van der Waals surface area contributed by atoms with E-state index in [0.29, 0.717) is 0 Å². The summed E-state index contributed by atoms with van der Waals surface area (Å²) in [6.07, 6.45) is 6.32. The van der Waals surface area contributed by atoms with E-state index < -0.39 is 11.6 Å². The smallest absolute Gasteiger partial charge is 0.159 e. The van der Waals surface area contributed by atoms with Crippen LogP contribution in [0.25, 0.3) is 0 Å². The molecule has 2 rings (SSSR count). The zero-order valence-electron chi connectivity index (χ0n) is 10.6. The molecular formula is C15H18F2. The predicted molar refractivity (Wildman–Crippen MR) is 65.9 cm³/mol. The van der Waals surface area contributed by atoms with Crippen LogP contribution in [0.1, 0.15) is 39.2 Å². The van der Waals surface area contributed by atoms with Gasteiger partial charge < -0.3 is 0 Å². The van der Waals surface area contributed by atoms with Crippen LogP contribution in [-0.2, 0) is 5.41 Å². The highest BCUT2D eigenvalue weighted by Crippen LogP contribution is 2.41. The van der Waals surface area contributed by atoms with Gasteiger partial charge in [-0.05, 0) is 36.0 Å². The predicted octanol–water partition coefficient (Wildman–Crippen LogP) is 4.60. The minimum atomic E-state index is -0.780. The van der Waals surface area contributed by atoms with E-state index in [1.165, 1.54) is 12.1 Å². The van der Waals surface area contributed by atoms with Crippen molar-refractivity contribution in [2.45, 2.75) is 39.0 Å². The molecule has 17 heavy (non-hydrogen) atoms. The second-order valence-electron chi connectivity index (χ2n) is 5.87. The van der Waals surface area contributed by atoms with Gasteiger partial charge in [-0.2, -0.15) is 0 Å². The molecule has 0 spiro atoms. The first-order chi connectivity index (χ1) is 7.82. The number of hydrogen-bond acceptors (Lipinski definition) is 0. The van der Waals surface area contributed by atoms with Crippen molar-refractivity contribution in [1.82, 2.24) is 0 Å². The second-order valence-corrected chi connectivity index (χ2v) is 5.87. The van der Waals surface area contributed by atoms with Crippen LogP contribution in [0.4, 0.5) is 8.78 Å². The van der Waals surface area contributed by atoms with Crippen LogP contribution in [0, 0.1) is 17.0 Å². The molecular weight excluding hydrogens is 218 g/mol. The summed E-state index contributed by atoms with van der Waals surface area (Å²) in [6.45, 7) is 6.45. The van der Waals surface area contributed by atoms with E-state index in [0.717, 1.165) is 18.4 Å². The lowest BCUT2D eigenvalue weighted by Gasteiger charge is -2.36. The molecule has 0 saturated heterocycles. The maximum atomic E-state index is 13.3. The highest BCUT2D eigenvalue weighted by molar-refractivity contribution is 5.33. The van der Waals surface area contributed by atoms with Gasteiger partial charge in [-0.1, -0.05) is 39.0 Å². The highest BCUT2D eigenvalue weighted by Gasteiger charge is 2.31. The van der Waals surface area contributed by atoms with E-state index in [1.54, 1.807) is 6.07 Å². The summed E-state index contributed by atoms with van der Waals surface area (Å²) in [7, 11) is 0. The minimum Gasteiger partial charge on any atom is -0.204 e. The van der Waals surface area contributed by atoms with Gasteiger partial charge in [0, 0.05) is 5.41 Å². The standard InChI is InChI=1S/C15H18F2/c1-14(2)6-8-15(3,9-7-14)11-4-5-12(16)13(17)10-11/h4-6,8,10H,7,9H2,1-3H3/t15-/m0/s1. The van der Waals surface area contributed by atoms with Crippen LogP contribution >= 0.6 is 0 Å². The molecule has 0 radical (unpaired) electrons. The van der Waals surface area contributed by atoms with Gasteiger partial charge in [-0.15, -0.1) is 0 Å². The molecule has 1 atom stereocenters. The van der Waals surface area contributed by atoms with Gasteiger partial charge in [0.15, 0.2) is 11.6 Å². The Kier molecular flexibility index (Phi) is 2.84. The van der Waals surface area contributed by atoms with Crippen molar-refractivity contribution in [3.63, 3.8) is 0 Å². The Bertz CT molecular complexity index is 460. The van der Waals surface area contributed by atoms with E-state index in [2.05, 4.69) is 32.9 Å². The molecule has 0 nitrogen and oxygen atoms in total. The van der Waals surface area contributed by atoms with Crippen LogP contribution in [0.2, 0.25) is 0 Å². The lowest BCUT2D eigenvalue weighted by molar-refractivity contribution is 0.340. The molecule has 0 unspecified atom stereocenters. The Morgan fingerprint density at radius 2 is 1.65 bits per heavy atom. The van der Waals surface area contributed by atoms with Gasteiger partial charge in [-0.3, -0.25) is 0 Å². The van der Waals surface area contributed by atoms with Gasteiger partial charge in [0.1, 0.15) is 0 Å². The van der Waals surface area contributed by atoms with Crippen molar-refractivity contribution in [3.05, 3.63) is 47.5 Å². The van der Waals surface area contributed by atoms with Crippen LogP contribution in [0.5, 0.6) is 0 Å². The molecule has 1 aromatic rings. The quantitative estimate of drug-likeness (QED) is 0.625. The SMILES string of the molecule is CC1(C)C=C[C@](C)(c2ccc(F)c(F)c2)CC1. The second kappa shape index (κ2) is 3.94. The molecule has 0 saturated carbocycles. The molecule has 2 heteroatoms. The number of benzene rings is 1. The Labute approximate surface area is 101 Å². The Morgan fingerprint density at radius 1 is 0.941 bits per heavy atom. The van der Waals surface area contributed by atoms with Crippen molar-refractivity contribution < 1.29 is 8.78 Å². The van der Waals surface area contributed by atoms with Crippen molar-refractivity contribution in [1.29, 1.82) is 0 Å². The fourth-order valence-corrected chi connectivity index (χ4v) is 2.25. The zero-order chi connectivity index (χ0) is 12.7. The minimum absolute atomic E-state index is 0.177. The molecule has 0 heterocycles. The van der Waals surface area contributed by atoms with Gasteiger partial charge in [-0.25, -0.2) is 8.78 Å². The summed E-state index contributed by atoms with van der Waals surface area (Å²) < 4.78 is 26.2. The van der Waals surface area contributed by atoms with Gasteiger partial charge >= 0.3 is 0 Å². The van der Waals surface area contributed by atoms with E-state index in [-0.39, 0.29) is 10.8 Å². The summed E-state index contributed by atoms with van der Waals surface area (Å²) >= 11 is 0. The average Bonchev–Trinajstić information content (AvgIpc) is 2.27. The Morgan fingerprint density at radius 3 is 2.18 bits per heavy atom. The monoisotopic (exact) mass is 236 g/mol. The van der Waals surface area contributed by atoms with Gasteiger partial charge in [0.05, 0.1) is 0 Å². The molecule has 0 N–H and O–H groups in total. The van der Waals surface area contributed by atoms with Crippen molar-refractivity contribution in [2.75, 3.05) is 0 Å². The van der Waals surface area contributed by atoms with Crippen LogP contribution in [0.3, 0.4) is 0 Å². The number of halogens is 2. The molecule has 0 aromatic heterocycles. The molecule has 0 fully saturated rings. The molecule has 0 amide bonds. The summed E-state index contributed by atoms with van der Waals surface area (Å²) in [4.78, 5) is 0. The summed E-state index contributed by atoms with van der Waals surface area (Å²) in [6, 6.07) is 4.21. The van der Waals surface area contributed by atoms with E-state index in [1.807, 2.05) is 0 Å². The third kappa shape index (κ3) is 2.41. The number of allylic oxidation sites excluding steroid dienone is 2. The summed E-state index contributed by atoms with van der Waals surface area (Å²) in [5.41, 5.74) is 0.880. The Balaban J connectivity index is 2.37. The molecule has 0 aliphatic heterocycles.